The molecule has 6 rings (SSSR count). The van der Waals surface area contributed by atoms with Gasteiger partial charge in [-0.3, -0.25) is 14.7 Å². The number of hydrogen-bond acceptors (Lipinski definition) is 7. The smallest absolute Gasteiger partial charge is 0.293 e. The molecule has 5 heterocycles. The minimum Gasteiger partial charge on any atom is -0.378 e. The number of fused-ring (bicyclic) bond motifs is 5. The number of para-hydroxylation sites is 1. The highest BCUT2D eigenvalue weighted by molar-refractivity contribution is 5.90. The Morgan fingerprint density at radius 3 is 2.68 bits per heavy atom. The minimum atomic E-state index is -0.811. The molecule has 1 amide bonds. The molecular formula is C22H22N6O3. The zero-order valence-corrected chi connectivity index (χ0v) is 17.0. The Kier molecular flexibility index (Phi) is 4.34. The van der Waals surface area contributed by atoms with Gasteiger partial charge < -0.3 is 14.4 Å². The van der Waals surface area contributed by atoms with Crippen LogP contribution in [0, 0.1) is 0 Å². The van der Waals surface area contributed by atoms with Crippen LogP contribution >= 0.6 is 0 Å². The standard InChI is InChI=1S/C22H22N6O3/c29-21(26-9-12-30-13-10-26)20-24-19-15-27-11-14-31-22(27,18-7-3-4-8-23-18)16-5-1-2-6-17(16)28(19)25-20/h1-8H,9-15H2. The quantitative estimate of drug-likeness (QED) is 0.618. The van der Waals surface area contributed by atoms with Crippen molar-refractivity contribution in [2.45, 2.75) is 12.3 Å². The lowest BCUT2D eigenvalue weighted by molar-refractivity contribution is -0.0585. The van der Waals surface area contributed by atoms with Gasteiger partial charge in [0.15, 0.2) is 5.72 Å². The fraction of sp³-hybridized carbons (Fsp3) is 0.364. The maximum Gasteiger partial charge on any atom is 0.293 e. The number of carbonyl (C=O) groups excluding carboxylic acids is 1. The van der Waals surface area contributed by atoms with Gasteiger partial charge in [0, 0.05) is 31.4 Å². The number of benzene rings is 1. The van der Waals surface area contributed by atoms with Crippen LogP contribution < -0.4 is 0 Å². The van der Waals surface area contributed by atoms with E-state index in [4.69, 9.17) is 9.47 Å². The fourth-order valence-corrected chi connectivity index (χ4v) is 4.68. The highest BCUT2D eigenvalue weighted by atomic mass is 16.5. The van der Waals surface area contributed by atoms with Crippen molar-refractivity contribution >= 4 is 5.91 Å². The fourth-order valence-electron chi connectivity index (χ4n) is 4.68. The van der Waals surface area contributed by atoms with E-state index in [0.717, 1.165) is 23.5 Å². The SMILES string of the molecule is O=C(c1nc2n(n1)-c1ccccc1C1(c3ccccn3)OCCN1C2)N1CCOCC1. The van der Waals surface area contributed by atoms with Crippen molar-refractivity contribution in [3.8, 4) is 5.69 Å². The average Bonchev–Trinajstić information content (AvgIpc) is 3.43. The van der Waals surface area contributed by atoms with Crippen molar-refractivity contribution in [3.63, 3.8) is 0 Å². The lowest BCUT2D eigenvalue weighted by Gasteiger charge is -2.35. The second-order valence-corrected chi connectivity index (χ2v) is 7.81. The number of carbonyl (C=O) groups is 1. The molecule has 0 saturated carbocycles. The lowest BCUT2D eigenvalue weighted by Crippen LogP contribution is -2.43. The third-order valence-corrected chi connectivity index (χ3v) is 6.12. The Morgan fingerprint density at radius 2 is 1.84 bits per heavy atom. The molecule has 158 valence electrons. The van der Waals surface area contributed by atoms with Crippen molar-refractivity contribution in [2.24, 2.45) is 0 Å². The van der Waals surface area contributed by atoms with Crippen LogP contribution in [-0.4, -0.2) is 74.9 Å². The summed E-state index contributed by atoms with van der Waals surface area (Å²) < 4.78 is 13.6. The molecule has 3 aliphatic rings. The van der Waals surface area contributed by atoms with E-state index in [2.05, 4.69) is 20.0 Å². The normalized spacial score (nSPS) is 23.0. The van der Waals surface area contributed by atoms with Crippen LogP contribution in [0.5, 0.6) is 0 Å². The maximum absolute atomic E-state index is 13.0. The first-order chi connectivity index (χ1) is 15.3. The molecule has 1 atom stereocenters. The van der Waals surface area contributed by atoms with Crippen LogP contribution in [0.2, 0.25) is 0 Å². The van der Waals surface area contributed by atoms with E-state index in [-0.39, 0.29) is 11.7 Å². The van der Waals surface area contributed by atoms with Gasteiger partial charge >= 0.3 is 0 Å². The predicted molar refractivity (Wildman–Crippen MR) is 109 cm³/mol. The van der Waals surface area contributed by atoms with Crippen LogP contribution in [0.25, 0.3) is 5.69 Å². The Morgan fingerprint density at radius 1 is 1.00 bits per heavy atom. The Hall–Kier alpha value is -3.14. The van der Waals surface area contributed by atoms with E-state index in [1.165, 1.54) is 0 Å². The van der Waals surface area contributed by atoms with Crippen LogP contribution in [0.1, 0.15) is 27.7 Å². The number of morpholine rings is 1. The molecule has 1 aromatic carbocycles. The molecule has 0 spiro atoms. The summed E-state index contributed by atoms with van der Waals surface area (Å²) in [6, 6.07) is 13.9. The lowest BCUT2D eigenvalue weighted by atomic mass is 9.95. The molecule has 9 heteroatoms. The highest BCUT2D eigenvalue weighted by Crippen LogP contribution is 2.44. The first kappa shape index (κ1) is 18.6. The summed E-state index contributed by atoms with van der Waals surface area (Å²) in [5.74, 6) is 0.777. The molecule has 0 radical (unpaired) electrons. The summed E-state index contributed by atoms with van der Waals surface area (Å²) in [4.78, 5) is 26.3. The van der Waals surface area contributed by atoms with Gasteiger partial charge in [-0.05, 0) is 18.2 Å². The zero-order chi connectivity index (χ0) is 20.8. The first-order valence-electron chi connectivity index (χ1n) is 10.5. The van der Waals surface area contributed by atoms with E-state index in [0.29, 0.717) is 45.3 Å². The maximum atomic E-state index is 13.0. The van der Waals surface area contributed by atoms with E-state index < -0.39 is 5.72 Å². The largest absolute Gasteiger partial charge is 0.378 e. The van der Waals surface area contributed by atoms with Gasteiger partial charge in [-0.1, -0.05) is 24.3 Å². The zero-order valence-electron chi connectivity index (χ0n) is 17.0. The van der Waals surface area contributed by atoms with E-state index in [9.17, 15) is 4.79 Å². The van der Waals surface area contributed by atoms with E-state index in [1.54, 1.807) is 15.8 Å². The van der Waals surface area contributed by atoms with Gasteiger partial charge in [-0.25, -0.2) is 9.67 Å². The van der Waals surface area contributed by atoms with Gasteiger partial charge in [-0.2, -0.15) is 0 Å². The molecule has 9 nitrogen and oxygen atoms in total. The number of rotatable bonds is 2. The van der Waals surface area contributed by atoms with Crippen molar-refractivity contribution in [1.82, 2.24) is 29.5 Å². The highest BCUT2D eigenvalue weighted by Gasteiger charge is 2.50. The second-order valence-electron chi connectivity index (χ2n) is 7.81. The summed E-state index contributed by atoms with van der Waals surface area (Å²) >= 11 is 0. The van der Waals surface area contributed by atoms with Gasteiger partial charge in [0.25, 0.3) is 5.91 Å². The number of amides is 1. The number of hydrogen-bond donors (Lipinski definition) is 0. The summed E-state index contributed by atoms with van der Waals surface area (Å²) in [6.07, 6.45) is 1.79. The topological polar surface area (TPSA) is 85.6 Å². The summed E-state index contributed by atoms with van der Waals surface area (Å²) in [5.41, 5.74) is 1.81. The third kappa shape index (κ3) is 2.81. The molecule has 3 aromatic rings. The average molecular weight is 418 g/mol. The molecule has 3 aliphatic heterocycles. The molecular weight excluding hydrogens is 396 g/mol. The Labute approximate surface area is 179 Å². The molecule has 2 aromatic heterocycles. The first-order valence-corrected chi connectivity index (χ1v) is 10.5. The number of nitrogens with zero attached hydrogens (tertiary/aromatic N) is 6. The van der Waals surface area contributed by atoms with E-state index in [1.807, 2.05) is 42.5 Å². The molecule has 0 N–H and O–H groups in total. The Bertz CT molecular complexity index is 1130. The number of pyridine rings is 1. The summed E-state index contributed by atoms with van der Waals surface area (Å²) in [6.45, 7) is 4.00. The molecule has 2 saturated heterocycles. The van der Waals surface area contributed by atoms with Crippen LogP contribution in [0.4, 0.5) is 0 Å². The van der Waals surface area contributed by atoms with Crippen LogP contribution in [0.15, 0.2) is 48.7 Å². The monoisotopic (exact) mass is 418 g/mol. The third-order valence-electron chi connectivity index (χ3n) is 6.12. The van der Waals surface area contributed by atoms with Gasteiger partial charge in [-0.15, -0.1) is 5.10 Å². The van der Waals surface area contributed by atoms with E-state index >= 15 is 0 Å². The number of ether oxygens (including phenoxy) is 2. The van der Waals surface area contributed by atoms with Crippen LogP contribution in [-0.2, 0) is 21.7 Å². The molecule has 1 unspecified atom stereocenters. The minimum absolute atomic E-state index is 0.157. The second kappa shape index (κ2) is 7.23. The van der Waals surface area contributed by atoms with Crippen molar-refractivity contribution in [3.05, 3.63) is 71.6 Å². The van der Waals surface area contributed by atoms with Gasteiger partial charge in [0.05, 0.1) is 37.7 Å². The van der Waals surface area contributed by atoms with Crippen molar-refractivity contribution in [1.29, 1.82) is 0 Å². The van der Waals surface area contributed by atoms with Crippen LogP contribution in [0.3, 0.4) is 0 Å². The molecule has 31 heavy (non-hydrogen) atoms. The van der Waals surface area contributed by atoms with Crippen molar-refractivity contribution in [2.75, 3.05) is 39.5 Å². The Balaban J connectivity index is 1.49. The van der Waals surface area contributed by atoms with Crippen molar-refractivity contribution < 1.29 is 14.3 Å². The van der Waals surface area contributed by atoms with Gasteiger partial charge in [0.1, 0.15) is 5.82 Å². The summed E-state index contributed by atoms with van der Waals surface area (Å²) in [5, 5.41) is 4.65. The molecule has 0 bridgehead atoms. The predicted octanol–water partition coefficient (Wildman–Crippen LogP) is 1.18. The van der Waals surface area contributed by atoms with Gasteiger partial charge in [0.2, 0.25) is 5.82 Å². The molecule has 2 fully saturated rings. The number of aromatic nitrogens is 4. The molecule has 0 aliphatic carbocycles. The summed E-state index contributed by atoms with van der Waals surface area (Å²) in [7, 11) is 0.